The summed E-state index contributed by atoms with van der Waals surface area (Å²) in [4.78, 5) is 35.6. The molecule has 2 amide bonds. The molecule has 7 nitrogen and oxygen atoms in total. The van der Waals surface area contributed by atoms with Crippen LogP contribution in [-0.4, -0.2) is 31.0 Å². The van der Waals surface area contributed by atoms with Gasteiger partial charge in [0.25, 0.3) is 5.91 Å². The first kappa shape index (κ1) is 21.0. The zero-order valence-corrected chi connectivity index (χ0v) is 16.4. The van der Waals surface area contributed by atoms with Crippen LogP contribution in [0.15, 0.2) is 42.5 Å². The van der Waals surface area contributed by atoms with Crippen molar-refractivity contribution in [1.29, 1.82) is 0 Å². The molecule has 148 valence electrons. The topological polar surface area (TPSA) is 93.7 Å². The number of carbonyl (C=O) groups is 3. The van der Waals surface area contributed by atoms with Crippen LogP contribution in [0.3, 0.4) is 0 Å². The molecular weight excluding hydrogens is 360 g/mol. The van der Waals surface area contributed by atoms with E-state index in [9.17, 15) is 14.4 Å². The van der Waals surface area contributed by atoms with Crippen molar-refractivity contribution in [2.24, 2.45) is 0 Å². The first-order chi connectivity index (χ1) is 13.3. The summed E-state index contributed by atoms with van der Waals surface area (Å²) in [5.41, 5.74) is 2.64. The normalized spacial score (nSPS) is 11.3. The lowest BCUT2D eigenvalue weighted by Gasteiger charge is -2.16. The lowest BCUT2D eigenvalue weighted by molar-refractivity contribution is -0.123. The smallest absolute Gasteiger partial charge is 0.338 e. The Morgan fingerprint density at radius 1 is 1.07 bits per heavy atom. The zero-order chi connectivity index (χ0) is 20.7. The number of hydrogen-bond donors (Lipinski definition) is 2. The third kappa shape index (κ3) is 5.84. The number of esters is 1. The van der Waals surface area contributed by atoms with Gasteiger partial charge in [-0.2, -0.15) is 0 Å². The quantitative estimate of drug-likeness (QED) is 0.716. The number of ether oxygens (including phenoxy) is 2. The van der Waals surface area contributed by atoms with Crippen molar-refractivity contribution in [2.45, 2.75) is 33.4 Å². The molecule has 2 N–H and O–H groups in total. The summed E-state index contributed by atoms with van der Waals surface area (Å²) in [7, 11) is 1.51. The molecule has 0 aliphatic carbocycles. The molecule has 0 aromatic heterocycles. The van der Waals surface area contributed by atoms with Crippen molar-refractivity contribution in [3.8, 4) is 5.75 Å². The number of rotatable bonds is 7. The lowest BCUT2D eigenvalue weighted by Crippen LogP contribution is -2.30. The highest BCUT2D eigenvalue weighted by atomic mass is 16.5. The number of anilines is 1. The highest BCUT2D eigenvalue weighted by molar-refractivity contribution is 5.98. The molecule has 0 aliphatic heterocycles. The van der Waals surface area contributed by atoms with Crippen LogP contribution in [0, 0.1) is 6.92 Å². The van der Waals surface area contributed by atoms with Gasteiger partial charge in [0.1, 0.15) is 5.75 Å². The average molecular weight is 384 g/mol. The number of benzene rings is 2. The Balaban J connectivity index is 1.97. The van der Waals surface area contributed by atoms with Gasteiger partial charge in [-0.25, -0.2) is 4.79 Å². The molecule has 2 aromatic rings. The van der Waals surface area contributed by atoms with Crippen LogP contribution in [0.1, 0.15) is 35.3 Å². The fraction of sp³-hybridized carbons (Fsp3) is 0.286. The molecule has 28 heavy (non-hydrogen) atoms. The van der Waals surface area contributed by atoms with Gasteiger partial charge < -0.3 is 20.1 Å². The van der Waals surface area contributed by atoms with Gasteiger partial charge in [0, 0.05) is 13.5 Å². The number of methoxy groups -OCH3 is 1. The van der Waals surface area contributed by atoms with Crippen molar-refractivity contribution in [2.75, 3.05) is 12.4 Å². The van der Waals surface area contributed by atoms with Crippen LogP contribution in [0.5, 0.6) is 5.75 Å². The highest BCUT2D eigenvalue weighted by Crippen LogP contribution is 2.25. The van der Waals surface area contributed by atoms with Crippen molar-refractivity contribution >= 4 is 23.5 Å². The van der Waals surface area contributed by atoms with Gasteiger partial charge in [-0.05, 0) is 49.2 Å². The second-order valence-corrected chi connectivity index (χ2v) is 6.35. The standard InChI is InChI=1S/C21H24N2O5/c1-13-5-10-19(27-4)18(11-13)23-20(25)14(2)28-21(26)17-8-6-16(7-9-17)12-22-15(3)24/h5-11,14H,12H2,1-4H3,(H,22,24)(H,23,25). The molecule has 0 saturated carbocycles. The Hall–Kier alpha value is -3.35. The molecule has 2 rings (SSSR count). The summed E-state index contributed by atoms with van der Waals surface area (Å²) in [5.74, 6) is -0.676. The van der Waals surface area contributed by atoms with E-state index in [-0.39, 0.29) is 5.91 Å². The van der Waals surface area contributed by atoms with E-state index in [0.717, 1.165) is 11.1 Å². The van der Waals surface area contributed by atoms with Crippen LogP contribution in [0.2, 0.25) is 0 Å². The number of amides is 2. The number of carbonyl (C=O) groups excluding carboxylic acids is 3. The fourth-order valence-corrected chi connectivity index (χ4v) is 2.42. The van der Waals surface area contributed by atoms with E-state index in [1.165, 1.54) is 21.0 Å². The predicted octanol–water partition coefficient (Wildman–Crippen LogP) is 2.82. The number of hydrogen-bond acceptors (Lipinski definition) is 5. The van der Waals surface area contributed by atoms with E-state index >= 15 is 0 Å². The minimum absolute atomic E-state index is 0.131. The monoisotopic (exact) mass is 384 g/mol. The van der Waals surface area contributed by atoms with Gasteiger partial charge in [-0.15, -0.1) is 0 Å². The van der Waals surface area contributed by atoms with E-state index in [1.807, 2.05) is 13.0 Å². The van der Waals surface area contributed by atoms with Crippen molar-refractivity contribution < 1.29 is 23.9 Å². The molecule has 2 aromatic carbocycles. The maximum Gasteiger partial charge on any atom is 0.338 e. The van der Waals surface area contributed by atoms with Crippen LogP contribution < -0.4 is 15.4 Å². The van der Waals surface area contributed by atoms with Crippen LogP contribution in [-0.2, 0) is 20.9 Å². The average Bonchev–Trinajstić information content (AvgIpc) is 2.66. The molecule has 0 saturated heterocycles. The summed E-state index contributed by atoms with van der Waals surface area (Å²) in [6.07, 6.45) is -0.989. The second kappa shape index (κ2) is 9.55. The Kier molecular flexibility index (Phi) is 7.14. The van der Waals surface area contributed by atoms with Crippen LogP contribution in [0.25, 0.3) is 0 Å². The Bertz CT molecular complexity index is 862. The molecule has 0 heterocycles. The predicted molar refractivity (Wildman–Crippen MR) is 105 cm³/mol. The largest absolute Gasteiger partial charge is 0.495 e. The third-order valence-corrected chi connectivity index (χ3v) is 4.00. The molecule has 1 atom stereocenters. The van der Waals surface area contributed by atoms with Gasteiger partial charge in [0.05, 0.1) is 18.4 Å². The molecule has 0 spiro atoms. The second-order valence-electron chi connectivity index (χ2n) is 6.35. The number of aryl methyl sites for hydroxylation is 1. The van der Waals surface area contributed by atoms with E-state index in [4.69, 9.17) is 9.47 Å². The molecule has 0 fully saturated rings. The minimum atomic E-state index is -0.989. The SMILES string of the molecule is COc1ccc(C)cc1NC(=O)C(C)OC(=O)c1ccc(CNC(C)=O)cc1. The van der Waals surface area contributed by atoms with Crippen molar-refractivity contribution in [3.63, 3.8) is 0 Å². The van der Waals surface area contributed by atoms with E-state index in [2.05, 4.69) is 10.6 Å². The summed E-state index contributed by atoms with van der Waals surface area (Å²) in [6, 6.07) is 12.0. The van der Waals surface area contributed by atoms with Gasteiger partial charge >= 0.3 is 5.97 Å². The Morgan fingerprint density at radius 2 is 1.75 bits per heavy atom. The van der Waals surface area contributed by atoms with Crippen molar-refractivity contribution in [1.82, 2.24) is 5.32 Å². The summed E-state index contributed by atoms with van der Waals surface area (Å²) >= 11 is 0. The molecule has 7 heteroatoms. The lowest BCUT2D eigenvalue weighted by atomic mass is 10.1. The summed E-state index contributed by atoms with van der Waals surface area (Å²) in [6.45, 7) is 5.21. The molecule has 1 unspecified atom stereocenters. The molecular formula is C21H24N2O5. The first-order valence-electron chi connectivity index (χ1n) is 8.80. The van der Waals surface area contributed by atoms with Gasteiger partial charge in [-0.3, -0.25) is 9.59 Å². The molecule has 0 radical (unpaired) electrons. The Morgan fingerprint density at radius 3 is 2.36 bits per heavy atom. The van der Waals surface area contributed by atoms with Crippen LogP contribution in [0.4, 0.5) is 5.69 Å². The van der Waals surface area contributed by atoms with E-state index < -0.39 is 18.0 Å². The highest BCUT2D eigenvalue weighted by Gasteiger charge is 2.20. The zero-order valence-electron chi connectivity index (χ0n) is 16.4. The summed E-state index contributed by atoms with van der Waals surface area (Å²) < 4.78 is 10.5. The van der Waals surface area contributed by atoms with E-state index in [0.29, 0.717) is 23.5 Å². The summed E-state index contributed by atoms with van der Waals surface area (Å²) in [5, 5.41) is 5.39. The van der Waals surface area contributed by atoms with E-state index in [1.54, 1.807) is 36.4 Å². The fourth-order valence-electron chi connectivity index (χ4n) is 2.42. The third-order valence-electron chi connectivity index (χ3n) is 4.00. The van der Waals surface area contributed by atoms with Gasteiger partial charge in [0.15, 0.2) is 6.10 Å². The van der Waals surface area contributed by atoms with Crippen molar-refractivity contribution in [3.05, 3.63) is 59.2 Å². The Labute approximate surface area is 164 Å². The first-order valence-corrected chi connectivity index (χ1v) is 8.80. The molecule has 0 bridgehead atoms. The van der Waals surface area contributed by atoms with Crippen LogP contribution >= 0.6 is 0 Å². The van der Waals surface area contributed by atoms with Gasteiger partial charge in [-0.1, -0.05) is 18.2 Å². The minimum Gasteiger partial charge on any atom is -0.495 e. The van der Waals surface area contributed by atoms with Gasteiger partial charge in [0.2, 0.25) is 5.91 Å². The maximum absolute atomic E-state index is 12.4. The number of nitrogens with one attached hydrogen (secondary N) is 2. The molecule has 0 aliphatic rings. The maximum atomic E-state index is 12.4.